The van der Waals surface area contributed by atoms with Crippen molar-refractivity contribution in [3.63, 3.8) is 0 Å². The van der Waals surface area contributed by atoms with Gasteiger partial charge in [-0.15, -0.1) is 11.8 Å². The smallest absolute Gasteiger partial charge is 0.316 e. The number of hydrogen-bond donors (Lipinski definition) is 1. The maximum Gasteiger partial charge on any atom is 0.316 e. The van der Waals surface area contributed by atoms with Gasteiger partial charge in [0.05, 0.1) is 11.9 Å². The van der Waals surface area contributed by atoms with Crippen molar-refractivity contribution in [1.29, 1.82) is 0 Å². The van der Waals surface area contributed by atoms with E-state index in [4.69, 9.17) is 21.1 Å². The Morgan fingerprint density at radius 2 is 1.83 bits per heavy atom. The molecule has 1 N–H and O–H groups in total. The van der Waals surface area contributed by atoms with Gasteiger partial charge in [-0.1, -0.05) is 32.4 Å². The van der Waals surface area contributed by atoms with Crippen LogP contribution in [0.2, 0.25) is 5.02 Å². The third kappa shape index (κ3) is 6.91. The second-order valence-electron chi connectivity index (χ2n) is 7.06. The van der Waals surface area contributed by atoms with Crippen molar-refractivity contribution >= 4 is 29.3 Å². The summed E-state index contributed by atoms with van der Waals surface area (Å²) in [6.45, 7) is 9.61. The minimum absolute atomic E-state index is 0.129. The Labute approximate surface area is 153 Å². The van der Waals surface area contributed by atoms with E-state index in [1.54, 1.807) is 24.3 Å². The SMILES string of the molecule is CC(C)OC(=O)CSC[C@](O)(COc1ccc(Cl)cc1)C(C)(C)C. The standard InChI is InChI=1S/C18H27ClO4S/c1-13(2)23-16(20)10-24-12-18(21,17(3,4)5)11-22-15-8-6-14(19)7-9-15/h6-9,13,21H,10-12H2,1-5H3/t18-/m1/s1. The maximum atomic E-state index is 11.6. The molecule has 0 amide bonds. The van der Waals surface area contributed by atoms with Crippen molar-refractivity contribution in [3.05, 3.63) is 29.3 Å². The first kappa shape index (κ1) is 21.1. The summed E-state index contributed by atoms with van der Waals surface area (Å²) < 4.78 is 10.8. The van der Waals surface area contributed by atoms with Crippen LogP contribution in [-0.2, 0) is 9.53 Å². The molecule has 0 bridgehead atoms. The Kier molecular flexibility index (Phi) is 7.90. The first-order chi connectivity index (χ1) is 11.0. The van der Waals surface area contributed by atoms with E-state index < -0.39 is 11.0 Å². The van der Waals surface area contributed by atoms with Gasteiger partial charge in [-0.05, 0) is 43.5 Å². The minimum atomic E-state index is -1.09. The summed E-state index contributed by atoms with van der Waals surface area (Å²) in [5.74, 6) is 0.950. The van der Waals surface area contributed by atoms with Crippen molar-refractivity contribution in [2.75, 3.05) is 18.1 Å². The Bertz CT molecular complexity index is 525. The highest BCUT2D eigenvalue weighted by Crippen LogP contribution is 2.34. The Balaban J connectivity index is 2.62. The van der Waals surface area contributed by atoms with Crippen molar-refractivity contribution in [2.24, 2.45) is 5.41 Å². The number of carbonyl (C=O) groups is 1. The van der Waals surface area contributed by atoms with E-state index in [0.717, 1.165) is 0 Å². The Morgan fingerprint density at radius 1 is 1.25 bits per heavy atom. The summed E-state index contributed by atoms with van der Waals surface area (Å²) in [6, 6.07) is 7.00. The number of benzene rings is 1. The molecular weight excluding hydrogens is 348 g/mol. The van der Waals surface area contributed by atoms with E-state index >= 15 is 0 Å². The highest BCUT2D eigenvalue weighted by atomic mass is 35.5. The predicted molar refractivity (Wildman–Crippen MR) is 99.9 cm³/mol. The molecule has 1 aromatic rings. The van der Waals surface area contributed by atoms with Crippen molar-refractivity contribution < 1.29 is 19.4 Å². The fraction of sp³-hybridized carbons (Fsp3) is 0.611. The molecule has 0 aromatic heterocycles. The molecule has 6 heteroatoms. The van der Waals surface area contributed by atoms with E-state index in [1.807, 2.05) is 34.6 Å². The minimum Gasteiger partial charge on any atom is -0.491 e. The molecule has 0 aliphatic carbocycles. The first-order valence-corrected chi connectivity index (χ1v) is 9.45. The fourth-order valence-electron chi connectivity index (χ4n) is 1.81. The zero-order valence-electron chi connectivity index (χ0n) is 15.0. The lowest BCUT2D eigenvalue weighted by molar-refractivity contribution is -0.144. The summed E-state index contributed by atoms with van der Waals surface area (Å²) >= 11 is 7.21. The molecule has 1 rings (SSSR count). The third-order valence-corrected chi connectivity index (χ3v) is 4.99. The van der Waals surface area contributed by atoms with Crippen LogP contribution in [0.25, 0.3) is 0 Å². The van der Waals surface area contributed by atoms with E-state index in [-0.39, 0.29) is 24.4 Å². The van der Waals surface area contributed by atoms with Gasteiger partial charge in [0.2, 0.25) is 0 Å². The number of thioether (sulfide) groups is 1. The Hall–Kier alpha value is -0.910. The van der Waals surface area contributed by atoms with Crippen LogP contribution >= 0.6 is 23.4 Å². The van der Waals surface area contributed by atoms with Gasteiger partial charge in [0.1, 0.15) is 18.0 Å². The van der Waals surface area contributed by atoms with E-state index in [0.29, 0.717) is 16.5 Å². The van der Waals surface area contributed by atoms with Crippen LogP contribution in [0.3, 0.4) is 0 Å². The molecule has 0 radical (unpaired) electrons. The molecule has 24 heavy (non-hydrogen) atoms. The summed E-state index contributed by atoms with van der Waals surface area (Å²) in [6.07, 6.45) is -0.132. The highest BCUT2D eigenvalue weighted by Gasteiger charge is 2.41. The average molecular weight is 375 g/mol. The van der Waals surface area contributed by atoms with Crippen LogP contribution in [-0.4, -0.2) is 40.9 Å². The molecule has 0 spiro atoms. The van der Waals surface area contributed by atoms with E-state index in [9.17, 15) is 9.90 Å². The number of carbonyl (C=O) groups excluding carboxylic acids is 1. The van der Waals surface area contributed by atoms with E-state index in [2.05, 4.69) is 0 Å². The van der Waals surface area contributed by atoms with Gasteiger partial charge in [0.15, 0.2) is 0 Å². The number of hydrogen-bond acceptors (Lipinski definition) is 5. The molecule has 0 aliphatic rings. The van der Waals surface area contributed by atoms with Gasteiger partial charge in [-0.25, -0.2) is 0 Å². The summed E-state index contributed by atoms with van der Waals surface area (Å²) in [4.78, 5) is 11.6. The number of esters is 1. The molecular formula is C18H27ClO4S. The van der Waals surface area contributed by atoms with Crippen LogP contribution < -0.4 is 4.74 Å². The lowest BCUT2D eigenvalue weighted by atomic mass is 9.78. The topological polar surface area (TPSA) is 55.8 Å². The van der Waals surface area contributed by atoms with Crippen LogP contribution in [0, 0.1) is 5.41 Å². The quantitative estimate of drug-likeness (QED) is 0.692. The fourth-order valence-corrected chi connectivity index (χ4v) is 3.13. The van der Waals surface area contributed by atoms with Crippen molar-refractivity contribution in [2.45, 2.75) is 46.3 Å². The zero-order chi connectivity index (χ0) is 18.4. The number of rotatable bonds is 8. The predicted octanol–water partition coefficient (Wildman–Crippen LogP) is 4.18. The van der Waals surface area contributed by atoms with Gasteiger partial charge in [0.25, 0.3) is 0 Å². The van der Waals surface area contributed by atoms with E-state index in [1.165, 1.54) is 11.8 Å². The number of aliphatic hydroxyl groups is 1. The second-order valence-corrected chi connectivity index (χ2v) is 8.48. The maximum absolute atomic E-state index is 11.6. The lowest BCUT2D eigenvalue weighted by Crippen LogP contribution is -2.50. The van der Waals surface area contributed by atoms with Gasteiger partial charge in [-0.2, -0.15) is 0 Å². The summed E-state index contributed by atoms with van der Waals surface area (Å²) in [7, 11) is 0. The largest absolute Gasteiger partial charge is 0.491 e. The summed E-state index contributed by atoms with van der Waals surface area (Å²) in [5.41, 5.74) is -1.50. The van der Waals surface area contributed by atoms with Crippen LogP contribution in [0.15, 0.2) is 24.3 Å². The third-order valence-electron chi connectivity index (χ3n) is 3.62. The normalized spacial score (nSPS) is 14.3. The zero-order valence-corrected chi connectivity index (χ0v) is 16.5. The molecule has 4 nitrogen and oxygen atoms in total. The molecule has 1 aromatic carbocycles. The molecule has 0 heterocycles. The molecule has 0 aliphatic heterocycles. The van der Waals surface area contributed by atoms with Crippen LogP contribution in [0.5, 0.6) is 5.75 Å². The average Bonchev–Trinajstić information content (AvgIpc) is 2.44. The van der Waals surface area contributed by atoms with Gasteiger partial charge in [0, 0.05) is 10.8 Å². The first-order valence-electron chi connectivity index (χ1n) is 7.91. The monoisotopic (exact) mass is 374 g/mol. The van der Waals surface area contributed by atoms with Crippen molar-refractivity contribution in [1.82, 2.24) is 0 Å². The molecule has 136 valence electrons. The van der Waals surface area contributed by atoms with Gasteiger partial charge in [-0.3, -0.25) is 4.79 Å². The molecule has 0 saturated carbocycles. The van der Waals surface area contributed by atoms with Crippen LogP contribution in [0.1, 0.15) is 34.6 Å². The van der Waals surface area contributed by atoms with Gasteiger partial charge >= 0.3 is 5.97 Å². The summed E-state index contributed by atoms with van der Waals surface area (Å²) in [5, 5.41) is 11.7. The van der Waals surface area contributed by atoms with Crippen LogP contribution in [0.4, 0.5) is 0 Å². The molecule has 0 fully saturated rings. The lowest BCUT2D eigenvalue weighted by Gasteiger charge is -2.39. The second kappa shape index (κ2) is 8.97. The van der Waals surface area contributed by atoms with Crippen molar-refractivity contribution in [3.8, 4) is 5.75 Å². The molecule has 0 saturated heterocycles. The Morgan fingerprint density at radius 3 is 2.33 bits per heavy atom. The number of halogens is 1. The molecule has 1 atom stereocenters. The highest BCUT2D eigenvalue weighted by molar-refractivity contribution is 8.00. The van der Waals surface area contributed by atoms with Gasteiger partial charge < -0.3 is 14.6 Å². The number of ether oxygens (including phenoxy) is 2. The molecule has 0 unspecified atom stereocenters.